The molecular weight excluding hydrogens is 474 g/mol. The fourth-order valence-electron chi connectivity index (χ4n) is 4.43. The molecule has 2 heterocycles. The number of sulfonamides is 1. The summed E-state index contributed by atoms with van der Waals surface area (Å²) >= 11 is 0. The van der Waals surface area contributed by atoms with Crippen LogP contribution in [-0.4, -0.2) is 56.2 Å². The number of anilines is 3. The van der Waals surface area contributed by atoms with Gasteiger partial charge in [0.2, 0.25) is 10.0 Å². The molecule has 1 aliphatic carbocycles. The number of benzene rings is 1. The maximum absolute atomic E-state index is 12.6. The number of aromatic nitrogens is 2. The van der Waals surface area contributed by atoms with Crippen LogP contribution in [0.25, 0.3) is 0 Å². The first kappa shape index (κ1) is 24.8. The van der Waals surface area contributed by atoms with Crippen molar-refractivity contribution in [2.24, 2.45) is 0 Å². The number of carbonyl (C=O) groups is 2. The van der Waals surface area contributed by atoms with Crippen LogP contribution in [-0.2, 0) is 25.2 Å². The molecule has 1 unspecified atom stereocenters. The molecule has 11 nitrogen and oxygen atoms in total. The number of nitrogens with one attached hydrogen (secondary N) is 2. The Morgan fingerprint density at radius 1 is 1.23 bits per heavy atom. The van der Waals surface area contributed by atoms with Gasteiger partial charge in [-0.1, -0.05) is 0 Å². The number of nitrogens with zero attached hydrogens (tertiary/aromatic N) is 3. The van der Waals surface area contributed by atoms with Gasteiger partial charge < -0.3 is 20.1 Å². The van der Waals surface area contributed by atoms with Crippen LogP contribution in [0.3, 0.4) is 0 Å². The molecule has 0 saturated heterocycles. The minimum absolute atomic E-state index is 0.00617. The minimum atomic E-state index is -3.36. The van der Waals surface area contributed by atoms with Gasteiger partial charge in [-0.25, -0.2) is 18.0 Å². The quantitative estimate of drug-likeness (QED) is 0.608. The molecule has 1 fully saturated rings. The number of fused-ring (bicyclic) bond motifs is 1. The number of ether oxygens (including phenoxy) is 2. The fourth-order valence-corrected chi connectivity index (χ4v) is 5.72. The van der Waals surface area contributed by atoms with Crippen molar-refractivity contribution in [1.29, 1.82) is 0 Å². The van der Waals surface area contributed by atoms with Gasteiger partial charge in [0.05, 0.1) is 23.7 Å². The summed E-state index contributed by atoms with van der Waals surface area (Å²) in [6.45, 7) is 5.65. The highest BCUT2D eigenvalue weighted by molar-refractivity contribution is 7.92. The van der Waals surface area contributed by atoms with Gasteiger partial charge in [0, 0.05) is 30.8 Å². The van der Waals surface area contributed by atoms with E-state index in [0.29, 0.717) is 41.3 Å². The van der Waals surface area contributed by atoms with Crippen LogP contribution in [0.1, 0.15) is 57.2 Å². The lowest BCUT2D eigenvalue weighted by molar-refractivity contribution is 0.0981. The third kappa shape index (κ3) is 5.37. The summed E-state index contributed by atoms with van der Waals surface area (Å²) in [4.78, 5) is 24.5. The molecular formula is C23H31N5O6S. The second kappa shape index (κ2) is 9.76. The zero-order valence-corrected chi connectivity index (χ0v) is 21.1. The molecule has 2 atom stereocenters. The summed E-state index contributed by atoms with van der Waals surface area (Å²) in [6, 6.07) is 7.02. The Bertz CT molecular complexity index is 1220. The molecule has 12 heteroatoms. The monoisotopic (exact) mass is 505 g/mol. The topological polar surface area (TPSA) is 132 Å². The Hall–Kier alpha value is -3.28. The van der Waals surface area contributed by atoms with Crippen molar-refractivity contribution in [3.8, 4) is 0 Å². The largest absolute Gasteiger partial charge is 0.448 e. The van der Waals surface area contributed by atoms with Crippen LogP contribution in [0.15, 0.2) is 24.3 Å². The van der Waals surface area contributed by atoms with Crippen molar-refractivity contribution < 1.29 is 27.5 Å². The molecule has 2 N–H and O–H groups in total. The summed E-state index contributed by atoms with van der Waals surface area (Å²) in [5.41, 5.74) is 2.63. The SMILES string of the molecule is CCOC(=O)n1nc([C@H]2CCC(OC(=O)NC(C)C)C2)cc1Nc1ccc2c(c1)CS(=O)(=O)N2C. The minimum Gasteiger partial charge on any atom is -0.448 e. The second-order valence-corrected chi connectivity index (χ2v) is 11.1. The summed E-state index contributed by atoms with van der Waals surface area (Å²) in [7, 11) is -1.83. The van der Waals surface area contributed by atoms with Crippen molar-refractivity contribution in [1.82, 2.24) is 15.1 Å². The first-order chi connectivity index (χ1) is 16.6. The smallest absolute Gasteiger partial charge is 0.436 e. The van der Waals surface area contributed by atoms with Crippen molar-refractivity contribution in [3.63, 3.8) is 0 Å². The maximum Gasteiger partial charge on any atom is 0.436 e. The van der Waals surface area contributed by atoms with Gasteiger partial charge in [0.15, 0.2) is 0 Å². The number of rotatable bonds is 6. The fraction of sp³-hybridized carbons (Fsp3) is 0.522. The van der Waals surface area contributed by atoms with Gasteiger partial charge >= 0.3 is 12.2 Å². The first-order valence-corrected chi connectivity index (χ1v) is 13.3. The van der Waals surface area contributed by atoms with Crippen LogP contribution < -0.4 is 14.9 Å². The number of amides is 1. The van der Waals surface area contributed by atoms with E-state index in [2.05, 4.69) is 15.7 Å². The van der Waals surface area contributed by atoms with E-state index >= 15 is 0 Å². The third-order valence-corrected chi connectivity index (χ3v) is 7.81. The average molecular weight is 506 g/mol. The molecule has 0 bridgehead atoms. The Balaban J connectivity index is 1.53. The van der Waals surface area contributed by atoms with Gasteiger partial charge in [-0.2, -0.15) is 5.10 Å². The van der Waals surface area contributed by atoms with Crippen LogP contribution in [0, 0.1) is 0 Å². The van der Waals surface area contributed by atoms with E-state index in [1.807, 2.05) is 13.8 Å². The normalized spacial score (nSPS) is 20.5. The van der Waals surface area contributed by atoms with E-state index in [1.165, 1.54) is 16.0 Å². The third-order valence-electron chi connectivity index (χ3n) is 6.10. The summed E-state index contributed by atoms with van der Waals surface area (Å²) < 4.78 is 37.5. The molecule has 0 spiro atoms. The van der Waals surface area contributed by atoms with Crippen molar-refractivity contribution in [2.75, 3.05) is 23.3 Å². The molecule has 4 rings (SSSR count). The Kier molecular flexibility index (Phi) is 6.93. The van der Waals surface area contributed by atoms with E-state index in [-0.39, 0.29) is 30.4 Å². The number of hydrogen-bond acceptors (Lipinski definition) is 8. The number of carbonyl (C=O) groups excluding carboxylic acids is 2. The van der Waals surface area contributed by atoms with E-state index in [4.69, 9.17) is 9.47 Å². The van der Waals surface area contributed by atoms with Crippen LogP contribution in [0.5, 0.6) is 0 Å². The Morgan fingerprint density at radius 2 is 2.00 bits per heavy atom. The van der Waals surface area contributed by atoms with E-state index in [9.17, 15) is 18.0 Å². The lowest BCUT2D eigenvalue weighted by atomic mass is 10.0. The summed E-state index contributed by atoms with van der Waals surface area (Å²) in [6.07, 6.45) is 0.799. The molecule has 1 saturated carbocycles. The van der Waals surface area contributed by atoms with E-state index < -0.39 is 22.2 Å². The Morgan fingerprint density at radius 3 is 2.71 bits per heavy atom. The van der Waals surface area contributed by atoms with E-state index in [1.54, 1.807) is 31.2 Å². The van der Waals surface area contributed by atoms with Gasteiger partial charge in [0.1, 0.15) is 11.9 Å². The van der Waals surface area contributed by atoms with Gasteiger partial charge in [0.25, 0.3) is 0 Å². The van der Waals surface area contributed by atoms with Gasteiger partial charge in [-0.3, -0.25) is 4.31 Å². The Labute approximate surface area is 204 Å². The second-order valence-electron chi connectivity index (χ2n) is 9.09. The zero-order chi connectivity index (χ0) is 25.3. The van der Waals surface area contributed by atoms with Crippen molar-refractivity contribution in [3.05, 3.63) is 35.5 Å². The zero-order valence-electron chi connectivity index (χ0n) is 20.3. The van der Waals surface area contributed by atoms with Crippen molar-refractivity contribution in [2.45, 2.75) is 63.9 Å². The summed E-state index contributed by atoms with van der Waals surface area (Å²) in [5.74, 6) is 0.348. The highest BCUT2D eigenvalue weighted by Crippen LogP contribution is 2.38. The number of alkyl carbamates (subject to hydrolysis) is 1. The number of hydrogen-bond donors (Lipinski definition) is 2. The van der Waals surface area contributed by atoms with Crippen LogP contribution in [0.2, 0.25) is 0 Å². The highest BCUT2D eigenvalue weighted by atomic mass is 32.2. The molecule has 1 aliphatic heterocycles. The molecule has 190 valence electrons. The molecule has 1 aromatic heterocycles. The lowest BCUT2D eigenvalue weighted by Gasteiger charge is -2.14. The van der Waals surface area contributed by atoms with E-state index in [0.717, 1.165) is 6.42 Å². The van der Waals surface area contributed by atoms with Gasteiger partial charge in [-0.15, -0.1) is 4.68 Å². The van der Waals surface area contributed by atoms with Crippen molar-refractivity contribution >= 4 is 39.4 Å². The predicted molar refractivity (Wildman–Crippen MR) is 131 cm³/mol. The van der Waals surface area contributed by atoms with Crippen LogP contribution >= 0.6 is 0 Å². The molecule has 2 aliphatic rings. The molecule has 2 aromatic rings. The van der Waals surface area contributed by atoms with Gasteiger partial charge in [-0.05, 0) is 63.8 Å². The molecule has 1 aromatic carbocycles. The standard InChI is InChI=1S/C23H31N5O6S/c1-5-33-23(30)28-21(25-17-7-9-20-16(10-17)13-35(31,32)27(20)4)12-19(26-28)15-6-8-18(11-15)34-22(29)24-14(2)3/h7,9-10,12,14-15,18,25H,5-6,8,11,13H2,1-4H3,(H,24,29)/t15-,18?/m0/s1. The molecule has 35 heavy (non-hydrogen) atoms. The molecule has 1 amide bonds. The maximum atomic E-state index is 12.6. The highest BCUT2D eigenvalue weighted by Gasteiger charge is 2.32. The average Bonchev–Trinajstić information content (AvgIpc) is 3.44. The first-order valence-electron chi connectivity index (χ1n) is 11.7. The summed E-state index contributed by atoms with van der Waals surface area (Å²) in [5, 5.41) is 10.4. The predicted octanol–water partition coefficient (Wildman–Crippen LogP) is 3.68. The van der Waals surface area contributed by atoms with Crippen LogP contribution in [0.4, 0.5) is 26.8 Å². The molecule has 0 radical (unpaired) electrons. The lowest BCUT2D eigenvalue weighted by Crippen LogP contribution is -2.33.